The molecule has 2 amide bonds. The van der Waals surface area contributed by atoms with Gasteiger partial charge in [-0.15, -0.1) is 0 Å². The third-order valence-electron chi connectivity index (χ3n) is 3.55. The van der Waals surface area contributed by atoms with Gasteiger partial charge in [0.1, 0.15) is 6.10 Å². The van der Waals surface area contributed by atoms with Crippen molar-refractivity contribution in [3.63, 3.8) is 0 Å². The standard InChI is InChI=1S/C17H18N2O2/c20-17(18-15-9-5-2-6-10-15)19-11-12-21-16(13-19)14-7-3-1-4-8-14/h1-10,16H,11-13H2,(H,18,20). The fourth-order valence-corrected chi connectivity index (χ4v) is 2.43. The Kier molecular flexibility index (Phi) is 4.17. The minimum Gasteiger partial charge on any atom is -0.370 e. The average Bonchev–Trinajstić information content (AvgIpc) is 2.57. The Morgan fingerprint density at radius 1 is 1.05 bits per heavy atom. The summed E-state index contributed by atoms with van der Waals surface area (Å²) in [4.78, 5) is 14.1. The summed E-state index contributed by atoms with van der Waals surface area (Å²) < 4.78 is 5.77. The number of nitrogens with zero attached hydrogens (tertiary/aromatic N) is 1. The maximum absolute atomic E-state index is 12.3. The van der Waals surface area contributed by atoms with Gasteiger partial charge >= 0.3 is 6.03 Å². The highest BCUT2D eigenvalue weighted by molar-refractivity contribution is 5.89. The number of hydrogen-bond donors (Lipinski definition) is 1. The monoisotopic (exact) mass is 282 g/mol. The Balaban J connectivity index is 1.64. The number of anilines is 1. The van der Waals surface area contributed by atoms with Crippen molar-refractivity contribution in [2.45, 2.75) is 6.10 Å². The average molecular weight is 282 g/mol. The smallest absolute Gasteiger partial charge is 0.322 e. The Bertz CT molecular complexity index is 586. The van der Waals surface area contributed by atoms with E-state index < -0.39 is 0 Å². The van der Waals surface area contributed by atoms with Crippen LogP contribution in [0, 0.1) is 0 Å². The SMILES string of the molecule is O=C(Nc1ccccc1)N1CCOC(c2ccccc2)C1. The molecule has 3 rings (SSSR count). The number of benzene rings is 2. The van der Waals surface area contributed by atoms with Crippen LogP contribution in [0.3, 0.4) is 0 Å². The van der Waals surface area contributed by atoms with Crippen LogP contribution in [0.4, 0.5) is 10.5 Å². The molecule has 21 heavy (non-hydrogen) atoms. The molecular formula is C17H18N2O2. The van der Waals surface area contributed by atoms with E-state index in [-0.39, 0.29) is 12.1 Å². The predicted molar refractivity (Wildman–Crippen MR) is 82.2 cm³/mol. The number of rotatable bonds is 2. The molecule has 1 aliphatic heterocycles. The molecule has 1 saturated heterocycles. The highest BCUT2D eigenvalue weighted by Gasteiger charge is 2.25. The minimum atomic E-state index is -0.0783. The molecule has 2 aromatic rings. The lowest BCUT2D eigenvalue weighted by Gasteiger charge is -2.33. The number of hydrogen-bond acceptors (Lipinski definition) is 2. The van der Waals surface area contributed by atoms with E-state index in [2.05, 4.69) is 5.32 Å². The van der Waals surface area contributed by atoms with E-state index in [4.69, 9.17) is 4.74 Å². The van der Waals surface area contributed by atoms with E-state index >= 15 is 0 Å². The molecule has 2 aromatic carbocycles. The van der Waals surface area contributed by atoms with Gasteiger partial charge in [-0.3, -0.25) is 0 Å². The zero-order valence-electron chi connectivity index (χ0n) is 11.7. The summed E-state index contributed by atoms with van der Waals surface area (Å²) in [6.07, 6.45) is -0.0542. The molecule has 1 fully saturated rings. The molecule has 0 aliphatic carbocycles. The molecule has 1 atom stereocenters. The molecule has 0 spiro atoms. The second-order valence-electron chi connectivity index (χ2n) is 5.01. The molecule has 1 unspecified atom stereocenters. The molecule has 108 valence electrons. The minimum absolute atomic E-state index is 0.0542. The summed E-state index contributed by atoms with van der Waals surface area (Å²) in [5, 5.41) is 2.92. The summed E-state index contributed by atoms with van der Waals surface area (Å²) in [5.74, 6) is 0. The molecule has 0 bridgehead atoms. The van der Waals surface area contributed by atoms with Gasteiger partial charge in [-0.25, -0.2) is 4.79 Å². The largest absolute Gasteiger partial charge is 0.370 e. The highest BCUT2D eigenvalue weighted by atomic mass is 16.5. The summed E-state index contributed by atoms with van der Waals surface area (Å²) in [7, 11) is 0. The van der Waals surface area contributed by atoms with Gasteiger partial charge in [-0.2, -0.15) is 0 Å². The van der Waals surface area contributed by atoms with E-state index in [0.29, 0.717) is 19.7 Å². The van der Waals surface area contributed by atoms with Crippen LogP contribution in [0.2, 0.25) is 0 Å². The highest BCUT2D eigenvalue weighted by Crippen LogP contribution is 2.22. The van der Waals surface area contributed by atoms with Crippen LogP contribution in [0.5, 0.6) is 0 Å². The number of nitrogens with one attached hydrogen (secondary N) is 1. The van der Waals surface area contributed by atoms with Crippen molar-refractivity contribution in [3.05, 3.63) is 66.2 Å². The number of para-hydroxylation sites is 1. The van der Waals surface area contributed by atoms with Crippen LogP contribution < -0.4 is 5.32 Å². The lowest BCUT2D eigenvalue weighted by atomic mass is 10.1. The Morgan fingerprint density at radius 2 is 1.71 bits per heavy atom. The number of carbonyl (C=O) groups is 1. The van der Waals surface area contributed by atoms with Crippen molar-refractivity contribution >= 4 is 11.7 Å². The van der Waals surface area contributed by atoms with Crippen LogP contribution in [-0.4, -0.2) is 30.6 Å². The van der Waals surface area contributed by atoms with Crippen molar-refractivity contribution in [1.29, 1.82) is 0 Å². The lowest BCUT2D eigenvalue weighted by molar-refractivity contribution is -0.0135. The van der Waals surface area contributed by atoms with Crippen molar-refractivity contribution in [3.8, 4) is 0 Å². The normalized spacial score (nSPS) is 18.3. The van der Waals surface area contributed by atoms with Crippen molar-refractivity contribution in [2.75, 3.05) is 25.0 Å². The first-order valence-corrected chi connectivity index (χ1v) is 7.10. The van der Waals surface area contributed by atoms with Crippen molar-refractivity contribution in [2.24, 2.45) is 0 Å². The van der Waals surface area contributed by atoms with E-state index in [1.54, 1.807) is 4.90 Å². The van der Waals surface area contributed by atoms with Crippen LogP contribution in [0.25, 0.3) is 0 Å². The summed E-state index contributed by atoms with van der Waals surface area (Å²) >= 11 is 0. The van der Waals surface area contributed by atoms with Gasteiger partial charge in [0.15, 0.2) is 0 Å². The van der Waals surface area contributed by atoms with E-state index in [9.17, 15) is 4.79 Å². The lowest BCUT2D eigenvalue weighted by Crippen LogP contribution is -2.44. The Morgan fingerprint density at radius 3 is 2.43 bits per heavy atom. The van der Waals surface area contributed by atoms with E-state index in [0.717, 1.165) is 11.3 Å². The van der Waals surface area contributed by atoms with Crippen LogP contribution in [-0.2, 0) is 4.74 Å². The predicted octanol–water partition coefficient (Wildman–Crippen LogP) is 3.29. The van der Waals surface area contributed by atoms with Crippen molar-refractivity contribution < 1.29 is 9.53 Å². The summed E-state index contributed by atoms with van der Waals surface area (Å²) in [6.45, 7) is 1.74. The Labute approximate surface area is 124 Å². The number of carbonyl (C=O) groups excluding carboxylic acids is 1. The maximum Gasteiger partial charge on any atom is 0.322 e. The van der Waals surface area contributed by atoms with Gasteiger partial charge in [0.25, 0.3) is 0 Å². The molecule has 0 aromatic heterocycles. The zero-order chi connectivity index (χ0) is 14.5. The Hall–Kier alpha value is -2.33. The number of amides is 2. The first-order chi connectivity index (χ1) is 10.3. The van der Waals surface area contributed by atoms with E-state index in [1.165, 1.54) is 0 Å². The summed E-state index contributed by atoms with van der Waals surface area (Å²) in [5.41, 5.74) is 1.92. The third kappa shape index (κ3) is 3.41. The van der Waals surface area contributed by atoms with Gasteiger partial charge in [-0.1, -0.05) is 48.5 Å². The number of urea groups is 1. The molecule has 1 heterocycles. The quantitative estimate of drug-likeness (QED) is 0.918. The molecule has 0 radical (unpaired) electrons. The fourth-order valence-electron chi connectivity index (χ4n) is 2.43. The van der Waals surface area contributed by atoms with E-state index in [1.807, 2.05) is 60.7 Å². The molecule has 4 nitrogen and oxygen atoms in total. The van der Waals surface area contributed by atoms with Crippen molar-refractivity contribution in [1.82, 2.24) is 4.90 Å². The van der Waals surface area contributed by atoms with Crippen LogP contribution in [0.15, 0.2) is 60.7 Å². The number of morpholine rings is 1. The maximum atomic E-state index is 12.3. The first kappa shape index (κ1) is 13.6. The topological polar surface area (TPSA) is 41.6 Å². The number of ether oxygens (including phenoxy) is 1. The second kappa shape index (κ2) is 6.41. The van der Waals surface area contributed by atoms with Crippen LogP contribution in [0.1, 0.15) is 11.7 Å². The van der Waals surface area contributed by atoms with Gasteiger partial charge in [-0.05, 0) is 17.7 Å². The van der Waals surface area contributed by atoms with Gasteiger partial charge in [0.2, 0.25) is 0 Å². The molecule has 4 heteroatoms. The second-order valence-corrected chi connectivity index (χ2v) is 5.01. The molecule has 1 N–H and O–H groups in total. The molecular weight excluding hydrogens is 264 g/mol. The first-order valence-electron chi connectivity index (χ1n) is 7.10. The van der Waals surface area contributed by atoms with Crippen LogP contribution >= 0.6 is 0 Å². The zero-order valence-corrected chi connectivity index (χ0v) is 11.7. The fraction of sp³-hybridized carbons (Fsp3) is 0.235. The third-order valence-corrected chi connectivity index (χ3v) is 3.55. The van der Waals surface area contributed by atoms with Gasteiger partial charge in [0, 0.05) is 12.2 Å². The summed E-state index contributed by atoms with van der Waals surface area (Å²) in [6, 6.07) is 19.4. The molecule has 1 aliphatic rings. The van der Waals surface area contributed by atoms with Gasteiger partial charge in [0.05, 0.1) is 13.2 Å². The molecule has 0 saturated carbocycles. The van der Waals surface area contributed by atoms with Gasteiger partial charge < -0.3 is 15.0 Å².